The molecule has 0 aliphatic heterocycles. The Kier molecular flexibility index (Phi) is 8.57. The van der Waals surface area contributed by atoms with Gasteiger partial charge in [-0.3, -0.25) is 9.69 Å². The topological polar surface area (TPSA) is 75.7 Å². The normalized spacial score (nSPS) is 16.1. The highest BCUT2D eigenvalue weighted by Gasteiger charge is 2.15. The van der Waals surface area contributed by atoms with Crippen molar-refractivity contribution in [3.8, 4) is 5.75 Å². The van der Waals surface area contributed by atoms with Crippen LogP contribution in [0.1, 0.15) is 44.9 Å². The fraction of sp³-hybridized carbons (Fsp3) is 0.650. The van der Waals surface area contributed by atoms with Crippen LogP contribution in [0.5, 0.6) is 5.75 Å². The molecule has 0 atom stereocenters. The number of hydrogen-bond donors (Lipinski definition) is 1. The molecule has 1 N–H and O–H groups in total. The maximum Gasteiger partial charge on any atom is 0.234 e. The lowest BCUT2D eigenvalue weighted by Gasteiger charge is -2.20. The van der Waals surface area contributed by atoms with Gasteiger partial charge in [-0.2, -0.15) is 0 Å². The van der Waals surface area contributed by atoms with Gasteiger partial charge < -0.3 is 10.1 Å². The Hall–Kier alpha value is -1.60. The van der Waals surface area contributed by atoms with E-state index in [1.54, 1.807) is 24.3 Å². The summed E-state index contributed by atoms with van der Waals surface area (Å²) in [6.07, 6.45) is 9.10. The Morgan fingerprint density at radius 1 is 1.22 bits per heavy atom. The van der Waals surface area contributed by atoms with Gasteiger partial charge in [0.2, 0.25) is 5.91 Å². The summed E-state index contributed by atoms with van der Waals surface area (Å²) in [5, 5.41) is 3.16. The molecule has 1 fully saturated rings. The van der Waals surface area contributed by atoms with Gasteiger partial charge in [0.1, 0.15) is 5.75 Å². The molecule has 1 aliphatic carbocycles. The van der Waals surface area contributed by atoms with Crippen molar-refractivity contribution >= 4 is 15.7 Å². The number of ether oxygens (including phenoxy) is 1. The zero-order chi connectivity index (χ0) is 19.7. The number of nitrogens with one attached hydrogen (secondary N) is 1. The van der Waals surface area contributed by atoms with Crippen molar-refractivity contribution in [1.29, 1.82) is 0 Å². The molecule has 1 aromatic carbocycles. The first-order chi connectivity index (χ1) is 12.8. The molecule has 7 heteroatoms. The van der Waals surface area contributed by atoms with E-state index >= 15 is 0 Å². The molecule has 27 heavy (non-hydrogen) atoms. The minimum atomic E-state index is -3.23. The van der Waals surface area contributed by atoms with Crippen LogP contribution in [0.25, 0.3) is 0 Å². The molecule has 1 amide bonds. The van der Waals surface area contributed by atoms with Gasteiger partial charge in [-0.1, -0.05) is 31.7 Å². The van der Waals surface area contributed by atoms with E-state index in [1.165, 1.54) is 31.9 Å². The smallest absolute Gasteiger partial charge is 0.234 e. The molecule has 6 nitrogen and oxygen atoms in total. The summed E-state index contributed by atoms with van der Waals surface area (Å²) in [5.41, 5.74) is 0. The van der Waals surface area contributed by atoms with Gasteiger partial charge in [-0.05, 0) is 44.5 Å². The van der Waals surface area contributed by atoms with E-state index in [1.807, 2.05) is 11.9 Å². The minimum absolute atomic E-state index is 0.0890. The Morgan fingerprint density at radius 2 is 1.93 bits per heavy atom. The van der Waals surface area contributed by atoms with E-state index in [2.05, 4.69) is 5.32 Å². The zero-order valence-corrected chi connectivity index (χ0v) is 17.3. The lowest BCUT2D eigenvalue weighted by molar-refractivity contribution is -0.122. The third kappa shape index (κ3) is 8.30. The van der Waals surface area contributed by atoms with Gasteiger partial charge in [0.05, 0.1) is 18.0 Å². The van der Waals surface area contributed by atoms with Crippen molar-refractivity contribution in [2.75, 3.05) is 33.0 Å². The van der Waals surface area contributed by atoms with Crippen LogP contribution in [0.15, 0.2) is 29.2 Å². The molecule has 0 spiro atoms. The number of sulfone groups is 1. The standard InChI is InChI=1S/C20H32N2O4S/c1-22(16-20(23)21-17-9-5-3-4-6-10-17)13-8-14-26-18-11-7-12-19(15-18)27(2,24)25/h7,11-12,15,17H,3-6,8-10,13-14,16H2,1-2H3,(H,21,23). The van der Waals surface area contributed by atoms with Crippen LogP contribution in [0, 0.1) is 0 Å². The fourth-order valence-corrected chi connectivity index (χ4v) is 4.00. The third-order valence-electron chi connectivity index (χ3n) is 4.82. The molecule has 1 aliphatic rings. The van der Waals surface area contributed by atoms with E-state index in [0.29, 0.717) is 24.9 Å². The molecular formula is C20H32N2O4S. The van der Waals surface area contributed by atoms with Crippen LogP contribution in [0.3, 0.4) is 0 Å². The van der Waals surface area contributed by atoms with Gasteiger partial charge in [0, 0.05) is 18.8 Å². The molecule has 152 valence electrons. The van der Waals surface area contributed by atoms with Gasteiger partial charge in [0.15, 0.2) is 9.84 Å². The molecule has 0 aromatic heterocycles. The average molecular weight is 397 g/mol. The number of carbonyl (C=O) groups excluding carboxylic acids is 1. The van der Waals surface area contributed by atoms with E-state index in [0.717, 1.165) is 25.8 Å². The molecule has 2 rings (SSSR count). The third-order valence-corrected chi connectivity index (χ3v) is 5.93. The number of rotatable bonds is 9. The SMILES string of the molecule is CN(CCCOc1cccc(S(C)(=O)=O)c1)CC(=O)NC1CCCCCC1. The van der Waals surface area contributed by atoms with Crippen molar-refractivity contribution in [1.82, 2.24) is 10.2 Å². The molecule has 0 heterocycles. The van der Waals surface area contributed by atoms with Crippen molar-refractivity contribution in [2.45, 2.75) is 55.9 Å². The van der Waals surface area contributed by atoms with E-state index in [4.69, 9.17) is 4.74 Å². The van der Waals surface area contributed by atoms with Crippen LogP contribution in [-0.4, -0.2) is 58.3 Å². The zero-order valence-electron chi connectivity index (χ0n) is 16.4. The first-order valence-corrected chi connectivity index (χ1v) is 11.6. The van der Waals surface area contributed by atoms with Crippen LogP contribution >= 0.6 is 0 Å². The molecular weight excluding hydrogens is 364 g/mol. The Bertz CT molecular complexity index is 698. The van der Waals surface area contributed by atoms with Crippen molar-refractivity contribution < 1.29 is 17.9 Å². The second-order valence-electron chi connectivity index (χ2n) is 7.44. The second kappa shape index (κ2) is 10.7. The monoisotopic (exact) mass is 396 g/mol. The van der Waals surface area contributed by atoms with Crippen molar-refractivity contribution in [2.24, 2.45) is 0 Å². The predicted octanol–water partition coefficient (Wildman–Crippen LogP) is 2.63. The number of hydrogen-bond acceptors (Lipinski definition) is 5. The highest BCUT2D eigenvalue weighted by molar-refractivity contribution is 7.90. The molecule has 0 radical (unpaired) electrons. The Labute approximate surface area is 163 Å². The van der Waals surface area contributed by atoms with Gasteiger partial charge in [-0.25, -0.2) is 8.42 Å². The lowest BCUT2D eigenvalue weighted by atomic mass is 10.1. The van der Waals surface area contributed by atoms with Crippen LogP contribution in [0.2, 0.25) is 0 Å². The highest BCUT2D eigenvalue weighted by atomic mass is 32.2. The fourth-order valence-electron chi connectivity index (χ4n) is 3.34. The van der Waals surface area contributed by atoms with E-state index in [9.17, 15) is 13.2 Å². The summed E-state index contributed by atoms with van der Waals surface area (Å²) < 4.78 is 28.8. The number of benzene rings is 1. The lowest BCUT2D eigenvalue weighted by Crippen LogP contribution is -2.41. The second-order valence-corrected chi connectivity index (χ2v) is 9.46. The maximum absolute atomic E-state index is 12.2. The maximum atomic E-state index is 12.2. The molecule has 0 saturated heterocycles. The van der Waals surface area contributed by atoms with Crippen LogP contribution < -0.4 is 10.1 Å². The summed E-state index contributed by atoms with van der Waals surface area (Å²) in [5.74, 6) is 0.637. The minimum Gasteiger partial charge on any atom is -0.494 e. The van der Waals surface area contributed by atoms with Gasteiger partial charge >= 0.3 is 0 Å². The van der Waals surface area contributed by atoms with E-state index in [-0.39, 0.29) is 10.8 Å². The Morgan fingerprint density at radius 3 is 2.59 bits per heavy atom. The molecule has 1 aromatic rings. The van der Waals surface area contributed by atoms with Crippen molar-refractivity contribution in [3.63, 3.8) is 0 Å². The van der Waals surface area contributed by atoms with E-state index < -0.39 is 9.84 Å². The number of amides is 1. The molecule has 0 unspecified atom stereocenters. The summed E-state index contributed by atoms with van der Waals surface area (Å²) in [6.45, 7) is 1.60. The average Bonchev–Trinajstić information content (AvgIpc) is 2.87. The number of likely N-dealkylation sites (N-methyl/N-ethyl adjacent to an activating group) is 1. The predicted molar refractivity (Wildman–Crippen MR) is 107 cm³/mol. The summed E-state index contributed by atoms with van der Waals surface area (Å²) >= 11 is 0. The molecule has 1 saturated carbocycles. The number of nitrogens with zero attached hydrogens (tertiary/aromatic N) is 1. The van der Waals surface area contributed by atoms with Gasteiger partial charge in [0.25, 0.3) is 0 Å². The van der Waals surface area contributed by atoms with Crippen LogP contribution in [0.4, 0.5) is 0 Å². The quantitative estimate of drug-likeness (QED) is 0.513. The largest absolute Gasteiger partial charge is 0.494 e. The number of carbonyl (C=O) groups is 1. The van der Waals surface area contributed by atoms with Gasteiger partial charge in [-0.15, -0.1) is 0 Å². The summed E-state index contributed by atoms with van der Waals surface area (Å²) in [4.78, 5) is 14.4. The highest BCUT2D eigenvalue weighted by Crippen LogP contribution is 2.18. The van der Waals surface area contributed by atoms with Crippen molar-refractivity contribution in [3.05, 3.63) is 24.3 Å². The molecule has 0 bridgehead atoms. The summed E-state index contributed by atoms with van der Waals surface area (Å²) in [6, 6.07) is 6.86. The summed E-state index contributed by atoms with van der Waals surface area (Å²) in [7, 11) is -1.30. The first kappa shape index (κ1) is 21.7. The first-order valence-electron chi connectivity index (χ1n) is 9.75. The Balaban J connectivity index is 1.65. The van der Waals surface area contributed by atoms with Crippen LogP contribution in [-0.2, 0) is 14.6 Å².